The summed E-state index contributed by atoms with van der Waals surface area (Å²) in [4.78, 5) is 10.2. The van der Waals surface area contributed by atoms with Crippen molar-refractivity contribution >= 4 is 44.6 Å². The Kier molecular flexibility index (Phi) is 6.76. The average Bonchev–Trinajstić information content (AvgIpc) is 2.87. The lowest BCUT2D eigenvalue weighted by atomic mass is 10.3. The van der Waals surface area contributed by atoms with Gasteiger partial charge >= 0.3 is 6.18 Å². The van der Waals surface area contributed by atoms with Gasteiger partial charge in [-0.05, 0) is 47.6 Å². The van der Waals surface area contributed by atoms with Crippen molar-refractivity contribution in [1.82, 2.24) is 15.1 Å². The molecule has 0 fully saturated rings. The minimum absolute atomic E-state index is 0.0641. The third kappa shape index (κ3) is 5.63. The van der Waals surface area contributed by atoms with Crippen molar-refractivity contribution in [1.29, 1.82) is 0 Å². The maximum Gasteiger partial charge on any atom is 0.436 e. The second-order valence-electron chi connectivity index (χ2n) is 5.51. The molecule has 0 saturated carbocycles. The molecule has 0 bridgehead atoms. The summed E-state index contributed by atoms with van der Waals surface area (Å²) in [5.41, 5.74) is -0.165. The van der Waals surface area contributed by atoms with Gasteiger partial charge in [-0.1, -0.05) is 6.07 Å². The second-order valence-corrected chi connectivity index (χ2v) is 6.71. The zero-order chi connectivity index (χ0) is 20.2. The SMILES string of the molecule is Cc1c(Br)c(C(F)(F)F)nn1CCCNC(=S)Nc1cccc([N+](=O)[O-])c1. The zero-order valence-electron chi connectivity index (χ0n) is 14.0. The van der Waals surface area contributed by atoms with Gasteiger partial charge in [0, 0.05) is 30.9 Å². The number of halogens is 4. The van der Waals surface area contributed by atoms with E-state index in [0.717, 1.165) is 0 Å². The minimum atomic E-state index is -4.52. The van der Waals surface area contributed by atoms with Gasteiger partial charge in [-0.25, -0.2) is 0 Å². The maximum atomic E-state index is 12.8. The Hall–Kier alpha value is -2.21. The van der Waals surface area contributed by atoms with E-state index in [4.69, 9.17) is 12.2 Å². The second kappa shape index (κ2) is 8.65. The smallest absolute Gasteiger partial charge is 0.362 e. The normalized spacial score (nSPS) is 11.3. The molecule has 7 nitrogen and oxygen atoms in total. The molecule has 2 rings (SSSR count). The third-order valence-electron chi connectivity index (χ3n) is 3.55. The van der Waals surface area contributed by atoms with Crippen LogP contribution in [0.3, 0.4) is 0 Å². The molecule has 1 aromatic heterocycles. The molecule has 0 amide bonds. The Morgan fingerprint density at radius 1 is 1.44 bits per heavy atom. The quantitative estimate of drug-likeness (QED) is 0.287. The van der Waals surface area contributed by atoms with E-state index in [9.17, 15) is 23.3 Å². The van der Waals surface area contributed by atoms with E-state index in [0.29, 0.717) is 24.3 Å². The summed E-state index contributed by atoms with van der Waals surface area (Å²) in [6, 6.07) is 5.86. The Bertz CT molecular complexity index is 856. The van der Waals surface area contributed by atoms with Crippen molar-refractivity contribution in [2.75, 3.05) is 11.9 Å². The molecule has 0 aliphatic carbocycles. The van der Waals surface area contributed by atoms with Gasteiger partial charge in [-0.2, -0.15) is 18.3 Å². The van der Waals surface area contributed by atoms with Crippen LogP contribution in [0.25, 0.3) is 0 Å². The number of nitro groups is 1. The van der Waals surface area contributed by atoms with Gasteiger partial charge in [-0.3, -0.25) is 14.8 Å². The van der Waals surface area contributed by atoms with Gasteiger partial charge in [0.05, 0.1) is 15.1 Å². The summed E-state index contributed by atoms with van der Waals surface area (Å²) in [5, 5.41) is 20.3. The van der Waals surface area contributed by atoms with Gasteiger partial charge in [0.15, 0.2) is 10.8 Å². The number of hydrogen-bond acceptors (Lipinski definition) is 4. The van der Waals surface area contributed by atoms with Gasteiger partial charge < -0.3 is 10.6 Å². The van der Waals surface area contributed by atoms with Crippen LogP contribution in [0.15, 0.2) is 28.7 Å². The molecule has 0 radical (unpaired) electrons. The summed E-state index contributed by atoms with van der Waals surface area (Å²) < 4.78 is 39.7. The lowest BCUT2D eigenvalue weighted by molar-refractivity contribution is -0.384. The number of rotatable bonds is 6. The van der Waals surface area contributed by atoms with Crippen LogP contribution in [0.5, 0.6) is 0 Å². The summed E-state index contributed by atoms with van der Waals surface area (Å²) >= 11 is 8.03. The first-order chi connectivity index (χ1) is 12.6. The number of non-ortho nitro benzene ring substituents is 1. The largest absolute Gasteiger partial charge is 0.436 e. The molecule has 12 heteroatoms. The predicted molar refractivity (Wildman–Crippen MR) is 102 cm³/mol. The maximum absolute atomic E-state index is 12.8. The van der Waals surface area contributed by atoms with Crippen LogP contribution in [-0.2, 0) is 12.7 Å². The average molecular weight is 466 g/mol. The lowest BCUT2D eigenvalue weighted by Crippen LogP contribution is -2.29. The molecule has 0 unspecified atom stereocenters. The molecular formula is C15H15BrF3N5O2S. The molecule has 0 aliphatic rings. The van der Waals surface area contributed by atoms with Crippen molar-refractivity contribution in [3.05, 3.63) is 50.2 Å². The number of nitrogens with one attached hydrogen (secondary N) is 2. The topological polar surface area (TPSA) is 85.0 Å². The molecule has 0 saturated heterocycles. The number of aryl methyl sites for hydroxylation is 1. The first-order valence-electron chi connectivity index (χ1n) is 7.69. The van der Waals surface area contributed by atoms with Crippen LogP contribution in [0.2, 0.25) is 0 Å². The van der Waals surface area contributed by atoms with Crippen LogP contribution < -0.4 is 10.6 Å². The van der Waals surface area contributed by atoms with Crippen LogP contribution in [0, 0.1) is 17.0 Å². The lowest BCUT2D eigenvalue weighted by Gasteiger charge is -2.11. The van der Waals surface area contributed by atoms with E-state index in [2.05, 4.69) is 31.7 Å². The predicted octanol–water partition coefficient (Wildman–Crippen LogP) is 4.26. The van der Waals surface area contributed by atoms with E-state index in [1.54, 1.807) is 13.0 Å². The van der Waals surface area contributed by atoms with Crippen molar-refractivity contribution in [3.8, 4) is 0 Å². The fraction of sp³-hybridized carbons (Fsp3) is 0.333. The molecular weight excluding hydrogens is 451 g/mol. The first-order valence-corrected chi connectivity index (χ1v) is 8.89. The Morgan fingerprint density at radius 3 is 2.74 bits per heavy atom. The van der Waals surface area contributed by atoms with Crippen molar-refractivity contribution < 1.29 is 18.1 Å². The van der Waals surface area contributed by atoms with Crippen LogP contribution >= 0.6 is 28.1 Å². The Balaban J connectivity index is 1.84. The highest BCUT2D eigenvalue weighted by Gasteiger charge is 2.37. The van der Waals surface area contributed by atoms with E-state index in [1.807, 2.05) is 0 Å². The molecule has 1 aromatic carbocycles. The standard InChI is InChI=1S/C15H15BrF3N5O2S/c1-9-12(16)13(15(17,18)19)22-23(9)7-3-6-20-14(27)21-10-4-2-5-11(8-10)24(25)26/h2,4-5,8H,3,6-7H2,1H3,(H2,20,21,27). The highest BCUT2D eigenvalue weighted by molar-refractivity contribution is 9.10. The molecule has 0 aliphatic heterocycles. The molecule has 27 heavy (non-hydrogen) atoms. The molecule has 0 spiro atoms. The van der Waals surface area contributed by atoms with Crippen molar-refractivity contribution in [2.24, 2.45) is 0 Å². The minimum Gasteiger partial charge on any atom is -0.362 e. The van der Waals surface area contributed by atoms with Crippen LogP contribution in [0.1, 0.15) is 17.8 Å². The number of nitrogens with zero attached hydrogens (tertiary/aromatic N) is 3. The number of thiocarbonyl (C=S) groups is 1. The van der Waals surface area contributed by atoms with Crippen LogP contribution in [0.4, 0.5) is 24.5 Å². The molecule has 146 valence electrons. The first kappa shape index (κ1) is 21.1. The van der Waals surface area contributed by atoms with E-state index < -0.39 is 16.8 Å². The van der Waals surface area contributed by atoms with Crippen molar-refractivity contribution in [3.63, 3.8) is 0 Å². The van der Waals surface area contributed by atoms with Gasteiger partial charge in [-0.15, -0.1) is 0 Å². The fourth-order valence-corrected chi connectivity index (χ4v) is 2.96. The molecule has 2 N–H and O–H groups in total. The summed E-state index contributed by atoms with van der Waals surface area (Å²) in [6.07, 6.45) is -4.04. The van der Waals surface area contributed by atoms with Crippen molar-refractivity contribution in [2.45, 2.75) is 26.1 Å². The number of aromatic nitrogens is 2. The van der Waals surface area contributed by atoms with Crippen LogP contribution in [-0.4, -0.2) is 26.4 Å². The zero-order valence-corrected chi connectivity index (χ0v) is 16.4. The Morgan fingerprint density at radius 2 is 2.15 bits per heavy atom. The fourth-order valence-electron chi connectivity index (χ4n) is 2.23. The van der Waals surface area contributed by atoms with E-state index in [-0.39, 0.29) is 21.8 Å². The monoisotopic (exact) mass is 465 g/mol. The molecule has 2 aromatic rings. The number of nitro benzene ring substituents is 1. The number of hydrogen-bond donors (Lipinski definition) is 2. The van der Waals surface area contributed by atoms with Gasteiger partial charge in [0.25, 0.3) is 5.69 Å². The van der Waals surface area contributed by atoms with E-state index >= 15 is 0 Å². The van der Waals surface area contributed by atoms with E-state index in [1.165, 1.54) is 22.9 Å². The highest BCUT2D eigenvalue weighted by Crippen LogP contribution is 2.35. The highest BCUT2D eigenvalue weighted by atomic mass is 79.9. The summed E-state index contributed by atoms with van der Waals surface area (Å²) in [6.45, 7) is 2.21. The van der Waals surface area contributed by atoms with Gasteiger partial charge in [0.1, 0.15) is 0 Å². The number of anilines is 1. The molecule has 1 heterocycles. The Labute approximate surface area is 166 Å². The third-order valence-corrected chi connectivity index (χ3v) is 4.74. The number of benzene rings is 1. The number of alkyl halides is 3. The molecule has 0 atom stereocenters. The summed E-state index contributed by atoms with van der Waals surface area (Å²) in [7, 11) is 0. The van der Waals surface area contributed by atoms with Gasteiger partial charge in [0.2, 0.25) is 0 Å². The summed E-state index contributed by atoms with van der Waals surface area (Å²) in [5.74, 6) is 0.